The van der Waals surface area contributed by atoms with Gasteiger partial charge in [0, 0.05) is 42.5 Å². The number of methoxy groups -OCH3 is 1. The van der Waals surface area contributed by atoms with Crippen molar-refractivity contribution in [1.82, 2.24) is 9.21 Å². The Labute approximate surface area is 176 Å². The van der Waals surface area contributed by atoms with Crippen LogP contribution >= 0.6 is 11.6 Å². The van der Waals surface area contributed by atoms with Gasteiger partial charge in [0.15, 0.2) is 0 Å². The molecule has 1 spiro atoms. The third-order valence-electron chi connectivity index (χ3n) is 6.14. The molecule has 2 aromatic rings. The Morgan fingerprint density at radius 3 is 2.34 bits per heavy atom. The van der Waals surface area contributed by atoms with E-state index in [9.17, 15) is 13.2 Å². The van der Waals surface area contributed by atoms with Gasteiger partial charge in [-0.25, -0.2) is 8.42 Å². The molecule has 2 aliphatic rings. The second-order valence-corrected chi connectivity index (χ2v) is 10.1. The number of carbonyl (C=O) groups is 1. The maximum Gasteiger partial charge on any atom is 0.243 e. The van der Waals surface area contributed by atoms with Crippen LogP contribution in [0.2, 0.25) is 5.02 Å². The van der Waals surface area contributed by atoms with Crippen LogP contribution in [-0.4, -0.2) is 57.3 Å². The van der Waals surface area contributed by atoms with E-state index in [1.807, 2.05) is 24.3 Å². The van der Waals surface area contributed by atoms with E-state index in [2.05, 4.69) is 0 Å². The normalized spacial score (nSPS) is 21.6. The quantitative estimate of drug-likeness (QED) is 0.678. The molecule has 1 unspecified atom stereocenters. The molecule has 2 aromatic carbocycles. The average Bonchev–Trinajstić information content (AvgIpc) is 2.72. The zero-order valence-corrected chi connectivity index (χ0v) is 17.7. The smallest absolute Gasteiger partial charge is 0.243 e. The van der Waals surface area contributed by atoms with Crippen LogP contribution in [0, 0.1) is 5.41 Å². The van der Waals surface area contributed by atoms with Crippen molar-refractivity contribution in [3.05, 3.63) is 59.1 Å². The molecule has 8 heteroatoms. The number of hydrogen-bond donors (Lipinski definition) is 0. The van der Waals surface area contributed by atoms with Crippen molar-refractivity contribution in [2.24, 2.45) is 5.41 Å². The highest BCUT2D eigenvalue weighted by Gasteiger charge is 2.52. The van der Waals surface area contributed by atoms with E-state index in [4.69, 9.17) is 16.3 Å². The highest BCUT2D eigenvalue weighted by molar-refractivity contribution is 7.89. The number of hydrogen-bond acceptors (Lipinski definition) is 4. The molecule has 154 valence electrons. The van der Waals surface area contributed by atoms with Gasteiger partial charge in [-0.2, -0.15) is 4.31 Å². The molecular weight excluding hydrogens is 412 g/mol. The van der Waals surface area contributed by atoms with Crippen LogP contribution in [0.1, 0.15) is 17.9 Å². The summed E-state index contributed by atoms with van der Waals surface area (Å²) >= 11 is 6.05. The molecule has 2 fully saturated rings. The largest absolute Gasteiger partial charge is 0.497 e. The summed E-state index contributed by atoms with van der Waals surface area (Å²) in [4.78, 5) is 13.2. The zero-order valence-electron chi connectivity index (χ0n) is 16.1. The van der Waals surface area contributed by atoms with Gasteiger partial charge in [-0.1, -0.05) is 23.7 Å². The van der Waals surface area contributed by atoms with E-state index in [1.165, 1.54) is 0 Å². The first kappa shape index (κ1) is 20.2. The van der Waals surface area contributed by atoms with Gasteiger partial charge in [0.05, 0.1) is 12.0 Å². The van der Waals surface area contributed by atoms with Gasteiger partial charge < -0.3 is 9.64 Å². The van der Waals surface area contributed by atoms with Crippen LogP contribution in [0.3, 0.4) is 0 Å². The second kappa shape index (κ2) is 7.63. The van der Waals surface area contributed by atoms with Crippen LogP contribution in [0.5, 0.6) is 5.75 Å². The molecule has 2 saturated heterocycles. The lowest BCUT2D eigenvalue weighted by atomic mass is 9.63. The van der Waals surface area contributed by atoms with Crippen LogP contribution in [-0.2, 0) is 14.8 Å². The van der Waals surface area contributed by atoms with Crippen molar-refractivity contribution < 1.29 is 17.9 Å². The summed E-state index contributed by atoms with van der Waals surface area (Å²) in [6, 6.07) is 14.0. The number of benzene rings is 2. The maximum atomic E-state index is 13.3. The Balaban J connectivity index is 1.63. The lowest BCUT2D eigenvalue weighted by Gasteiger charge is -2.57. The molecule has 1 amide bonds. The maximum absolute atomic E-state index is 13.3. The first-order valence-electron chi connectivity index (χ1n) is 9.47. The molecule has 4 rings (SSSR count). The molecule has 0 saturated carbocycles. The van der Waals surface area contributed by atoms with E-state index in [1.54, 1.807) is 40.6 Å². The van der Waals surface area contributed by atoms with Crippen molar-refractivity contribution in [1.29, 1.82) is 0 Å². The monoisotopic (exact) mass is 434 g/mol. The number of nitrogens with zero attached hydrogens (tertiary/aromatic N) is 2. The van der Waals surface area contributed by atoms with Crippen LogP contribution < -0.4 is 4.74 Å². The minimum absolute atomic E-state index is 0.00209. The summed E-state index contributed by atoms with van der Waals surface area (Å²) in [5.41, 5.74) is 0.954. The predicted molar refractivity (Wildman–Crippen MR) is 111 cm³/mol. The van der Waals surface area contributed by atoms with Crippen molar-refractivity contribution >= 4 is 28.0 Å². The molecule has 0 aliphatic carbocycles. The summed E-state index contributed by atoms with van der Waals surface area (Å²) in [5, 5.41) is 0.643. The van der Waals surface area contributed by atoms with E-state index in [-0.39, 0.29) is 16.2 Å². The molecule has 6 nitrogen and oxygen atoms in total. The Kier molecular flexibility index (Phi) is 5.31. The van der Waals surface area contributed by atoms with Crippen molar-refractivity contribution in [2.45, 2.75) is 17.2 Å². The fourth-order valence-corrected chi connectivity index (χ4v) is 6.08. The van der Waals surface area contributed by atoms with E-state index in [0.29, 0.717) is 43.4 Å². The summed E-state index contributed by atoms with van der Waals surface area (Å²) in [6.07, 6.45) is 1.57. The third-order valence-corrected chi connectivity index (χ3v) is 8.27. The molecule has 2 aliphatic heterocycles. The molecule has 1 atom stereocenters. The number of carbonyl (C=O) groups excluding carboxylic acids is 1. The molecule has 0 aromatic heterocycles. The number of sulfonamides is 1. The van der Waals surface area contributed by atoms with Crippen molar-refractivity contribution in [2.75, 3.05) is 33.3 Å². The highest BCUT2D eigenvalue weighted by atomic mass is 35.5. The van der Waals surface area contributed by atoms with E-state index >= 15 is 0 Å². The second-order valence-electron chi connectivity index (χ2n) is 7.77. The lowest BCUT2D eigenvalue weighted by Crippen LogP contribution is -2.63. The van der Waals surface area contributed by atoms with Gasteiger partial charge >= 0.3 is 0 Å². The standard InChI is InChI=1S/C21H23ClN2O4S/c1-28-18-6-8-19(9-7-18)29(26,27)24-11-10-21(13-23(14-21)15-25)20(12-24)16-2-4-17(22)5-3-16/h2-9,15,20H,10-14H2,1H3. The van der Waals surface area contributed by atoms with Gasteiger partial charge in [0.25, 0.3) is 0 Å². The molecule has 2 heterocycles. The molecule has 0 radical (unpaired) electrons. The Hall–Kier alpha value is -2.09. The van der Waals surface area contributed by atoms with Gasteiger partial charge in [-0.05, 0) is 48.4 Å². The molecule has 29 heavy (non-hydrogen) atoms. The number of rotatable bonds is 5. The first-order chi connectivity index (χ1) is 13.9. The van der Waals surface area contributed by atoms with Gasteiger partial charge in [-0.15, -0.1) is 0 Å². The topological polar surface area (TPSA) is 66.9 Å². The minimum Gasteiger partial charge on any atom is -0.497 e. The number of likely N-dealkylation sites (tertiary alicyclic amines) is 1. The Bertz CT molecular complexity index is 986. The third kappa shape index (κ3) is 3.63. The fourth-order valence-electron chi connectivity index (χ4n) is 4.49. The Morgan fingerprint density at radius 1 is 1.10 bits per heavy atom. The Morgan fingerprint density at radius 2 is 1.76 bits per heavy atom. The van der Waals surface area contributed by atoms with Crippen molar-refractivity contribution in [3.8, 4) is 5.75 Å². The number of halogens is 1. The SMILES string of the molecule is COc1ccc(S(=O)(=O)N2CCC3(CN(C=O)C3)C(c3ccc(Cl)cc3)C2)cc1. The van der Waals surface area contributed by atoms with Crippen LogP contribution in [0.4, 0.5) is 0 Å². The van der Waals surface area contributed by atoms with Gasteiger partial charge in [0.2, 0.25) is 16.4 Å². The van der Waals surface area contributed by atoms with Gasteiger partial charge in [0.1, 0.15) is 5.75 Å². The first-order valence-corrected chi connectivity index (χ1v) is 11.3. The number of amides is 1. The average molecular weight is 435 g/mol. The summed E-state index contributed by atoms with van der Waals surface area (Å²) in [6.45, 7) is 2.12. The fraction of sp³-hybridized carbons (Fsp3) is 0.381. The summed E-state index contributed by atoms with van der Waals surface area (Å²) in [5.74, 6) is 0.613. The predicted octanol–water partition coefficient (Wildman–Crippen LogP) is 2.99. The summed E-state index contributed by atoms with van der Waals surface area (Å²) in [7, 11) is -2.07. The van der Waals surface area contributed by atoms with Crippen LogP contribution in [0.15, 0.2) is 53.4 Å². The van der Waals surface area contributed by atoms with Crippen molar-refractivity contribution in [3.63, 3.8) is 0 Å². The van der Waals surface area contributed by atoms with E-state index < -0.39 is 10.0 Å². The zero-order chi connectivity index (χ0) is 20.6. The summed E-state index contributed by atoms with van der Waals surface area (Å²) < 4.78 is 33.2. The highest BCUT2D eigenvalue weighted by Crippen LogP contribution is 2.49. The molecule has 0 bridgehead atoms. The van der Waals surface area contributed by atoms with E-state index in [0.717, 1.165) is 12.0 Å². The van der Waals surface area contributed by atoms with Gasteiger partial charge in [-0.3, -0.25) is 4.79 Å². The molecule has 0 N–H and O–H groups in total. The molecular formula is C21H23ClN2O4S. The lowest BCUT2D eigenvalue weighted by molar-refractivity contribution is -0.133. The van der Waals surface area contributed by atoms with Crippen LogP contribution in [0.25, 0.3) is 0 Å². The minimum atomic E-state index is -3.62. The number of ether oxygens (including phenoxy) is 1. The number of piperidine rings is 1.